The Bertz CT molecular complexity index is 350. The van der Waals surface area contributed by atoms with Gasteiger partial charge in [-0.05, 0) is 52.9 Å². The van der Waals surface area contributed by atoms with Crippen molar-refractivity contribution in [1.29, 1.82) is 0 Å². The van der Waals surface area contributed by atoms with E-state index in [9.17, 15) is 0 Å². The van der Waals surface area contributed by atoms with E-state index in [0.717, 1.165) is 31.2 Å². The number of nitrogens with zero attached hydrogens (tertiary/aromatic N) is 1. The maximum Gasteiger partial charge on any atom is 0.120 e. The summed E-state index contributed by atoms with van der Waals surface area (Å²) in [4.78, 5) is 2.24. The largest absolute Gasteiger partial charge is 0.463 e. The minimum atomic E-state index is 0.125. The highest BCUT2D eigenvalue weighted by Crippen LogP contribution is 2.16. The monoisotopic (exact) mass is 238 g/mol. The molecule has 1 N–H and O–H groups in total. The Morgan fingerprint density at radius 2 is 2.00 bits per heavy atom. The Balaban J connectivity index is 2.62. The number of rotatable bonds is 5. The molecule has 0 aliphatic heterocycles. The summed E-state index contributed by atoms with van der Waals surface area (Å²) in [6.45, 7) is 13.5. The number of furan rings is 1. The Labute approximate surface area is 105 Å². The zero-order valence-electron chi connectivity index (χ0n) is 12.1. The van der Waals surface area contributed by atoms with Crippen LogP contribution < -0.4 is 5.32 Å². The predicted molar refractivity (Wildman–Crippen MR) is 72.0 cm³/mol. The first kappa shape index (κ1) is 14.3. The van der Waals surface area contributed by atoms with Crippen LogP contribution in [0.1, 0.15) is 44.8 Å². The van der Waals surface area contributed by atoms with Crippen LogP contribution >= 0.6 is 0 Å². The Morgan fingerprint density at radius 3 is 2.53 bits per heavy atom. The highest BCUT2D eigenvalue weighted by atomic mass is 16.3. The number of hydrogen-bond acceptors (Lipinski definition) is 3. The Kier molecular flexibility index (Phi) is 4.78. The van der Waals surface area contributed by atoms with Crippen molar-refractivity contribution in [2.24, 2.45) is 0 Å². The van der Waals surface area contributed by atoms with Gasteiger partial charge in [0.05, 0.1) is 13.1 Å². The summed E-state index contributed by atoms with van der Waals surface area (Å²) in [6.07, 6.45) is 0. The average Bonchev–Trinajstić information content (AvgIpc) is 2.54. The molecule has 1 rings (SSSR count). The standard InChI is InChI=1S/C14H26N2O/c1-7-16(6)10-12-8-11(2)13(17-12)9-15-14(3,4)5/h8,15H,7,9-10H2,1-6H3. The smallest absolute Gasteiger partial charge is 0.120 e. The van der Waals surface area contributed by atoms with Crippen molar-refractivity contribution in [3.8, 4) is 0 Å². The van der Waals surface area contributed by atoms with E-state index < -0.39 is 0 Å². The van der Waals surface area contributed by atoms with Gasteiger partial charge in [0.15, 0.2) is 0 Å². The molecule has 1 heterocycles. The fourth-order valence-electron chi connectivity index (χ4n) is 1.57. The quantitative estimate of drug-likeness (QED) is 0.855. The summed E-state index contributed by atoms with van der Waals surface area (Å²) < 4.78 is 5.88. The van der Waals surface area contributed by atoms with Crippen LogP contribution in [-0.2, 0) is 13.1 Å². The summed E-state index contributed by atoms with van der Waals surface area (Å²) in [7, 11) is 2.10. The third-order valence-electron chi connectivity index (χ3n) is 2.82. The molecule has 0 atom stereocenters. The van der Waals surface area contributed by atoms with Gasteiger partial charge in [0.1, 0.15) is 11.5 Å². The van der Waals surface area contributed by atoms with Crippen LogP contribution in [0.3, 0.4) is 0 Å². The van der Waals surface area contributed by atoms with E-state index in [4.69, 9.17) is 4.42 Å². The fourth-order valence-corrected chi connectivity index (χ4v) is 1.57. The first-order chi connectivity index (χ1) is 7.81. The summed E-state index contributed by atoms with van der Waals surface area (Å²) >= 11 is 0. The van der Waals surface area contributed by atoms with Crippen LogP contribution in [0, 0.1) is 6.92 Å². The van der Waals surface area contributed by atoms with Crippen LogP contribution in [0.2, 0.25) is 0 Å². The van der Waals surface area contributed by atoms with Crippen LogP contribution in [0.25, 0.3) is 0 Å². The van der Waals surface area contributed by atoms with Gasteiger partial charge in [0.25, 0.3) is 0 Å². The summed E-state index contributed by atoms with van der Waals surface area (Å²) in [5.74, 6) is 2.11. The third kappa shape index (κ3) is 4.92. The first-order valence-electron chi connectivity index (χ1n) is 6.33. The van der Waals surface area contributed by atoms with E-state index >= 15 is 0 Å². The summed E-state index contributed by atoms with van der Waals surface area (Å²) in [5, 5.41) is 3.45. The van der Waals surface area contributed by atoms with Gasteiger partial charge in [0.2, 0.25) is 0 Å². The molecule has 0 aliphatic carbocycles. The van der Waals surface area contributed by atoms with Crippen LogP contribution in [0.15, 0.2) is 10.5 Å². The molecule has 0 bridgehead atoms. The molecule has 3 nitrogen and oxygen atoms in total. The SMILES string of the molecule is CCN(C)Cc1cc(C)c(CNC(C)(C)C)o1. The van der Waals surface area contributed by atoms with Crippen molar-refractivity contribution in [2.45, 2.75) is 53.2 Å². The van der Waals surface area contributed by atoms with Gasteiger partial charge in [-0.3, -0.25) is 4.90 Å². The zero-order valence-corrected chi connectivity index (χ0v) is 12.1. The summed E-state index contributed by atoms with van der Waals surface area (Å²) in [5.41, 5.74) is 1.36. The number of nitrogens with one attached hydrogen (secondary N) is 1. The molecule has 98 valence electrons. The topological polar surface area (TPSA) is 28.4 Å². The lowest BCUT2D eigenvalue weighted by molar-refractivity contribution is 0.298. The molecular formula is C14H26N2O. The second kappa shape index (κ2) is 5.69. The average molecular weight is 238 g/mol. The van der Waals surface area contributed by atoms with E-state index in [2.05, 4.69) is 57.9 Å². The van der Waals surface area contributed by atoms with Gasteiger partial charge in [-0.2, -0.15) is 0 Å². The van der Waals surface area contributed by atoms with Crippen LogP contribution in [0.4, 0.5) is 0 Å². The maximum atomic E-state index is 5.88. The molecule has 0 unspecified atom stereocenters. The highest BCUT2D eigenvalue weighted by Gasteiger charge is 2.13. The van der Waals surface area contributed by atoms with Gasteiger partial charge in [-0.15, -0.1) is 0 Å². The molecule has 3 heteroatoms. The van der Waals surface area contributed by atoms with E-state index in [1.54, 1.807) is 0 Å². The maximum absolute atomic E-state index is 5.88. The van der Waals surface area contributed by atoms with Gasteiger partial charge in [-0.25, -0.2) is 0 Å². The van der Waals surface area contributed by atoms with Crippen molar-refractivity contribution in [3.05, 3.63) is 23.2 Å². The molecule has 0 amide bonds. The Morgan fingerprint density at radius 1 is 1.35 bits per heavy atom. The van der Waals surface area contributed by atoms with Crippen LogP contribution in [0.5, 0.6) is 0 Å². The normalized spacial score (nSPS) is 12.4. The molecule has 0 radical (unpaired) electrons. The molecule has 0 aliphatic rings. The molecular weight excluding hydrogens is 212 g/mol. The zero-order chi connectivity index (χ0) is 13.1. The van der Waals surface area contributed by atoms with E-state index in [0.29, 0.717) is 0 Å². The van der Waals surface area contributed by atoms with Gasteiger partial charge in [0, 0.05) is 5.54 Å². The van der Waals surface area contributed by atoms with Crippen molar-refractivity contribution in [1.82, 2.24) is 10.2 Å². The molecule has 1 aromatic rings. The minimum Gasteiger partial charge on any atom is -0.463 e. The molecule has 0 spiro atoms. The summed E-state index contributed by atoms with van der Waals surface area (Å²) in [6, 6.07) is 2.14. The lowest BCUT2D eigenvalue weighted by Crippen LogP contribution is -2.35. The highest BCUT2D eigenvalue weighted by molar-refractivity contribution is 5.20. The van der Waals surface area contributed by atoms with Crippen molar-refractivity contribution in [2.75, 3.05) is 13.6 Å². The number of aryl methyl sites for hydroxylation is 1. The minimum absolute atomic E-state index is 0.125. The lowest BCUT2D eigenvalue weighted by Gasteiger charge is -2.19. The first-order valence-corrected chi connectivity index (χ1v) is 6.33. The van der Waals surface area contributed by atoms with Crippen molar-refractivity contribution < 1.29 is 4.42 Å². The molecule has 17 heavy (non-hydrogen) atoms. The van der Waals surface area contributed by atoms with Gasteiger partial charge < -0.3 is 9.73 Å². The molecule has 0 saturated carbocycles. The molecule has 1 aromatic heterocycles. The predicted octanol–water partition coefficient (Wildman–Crippen LogP) is 2.93. The van der Waals surface area contributed by atoms with E-state index in [-0.39, 0.29) is 5.54 Å². The fraction of sp³-hybridized carbons (Fsp3) is 0.714. The van der Waals surface area contributed by atoms with Crippen molar-refractivity contribution >= 4 is 0 Å². The van der Waals surface area contributed by atoms with E-state index in [1.165, 1.54) is 5.56 Å². The van der Waals surface area contributed by atoms with E-state index in [1.807, 2.05) is 0 Å². The van der Waals surface area contributed by atoms with Crippen molar-refractivity contribution in [3.63, 3.8) is 0 Å². The third-order valence-corrected chi connectivity index (χ3v) is 2.82. The van der Waals surface area contributed by atoms with Crippen LogP contribution in [-0.4, -0.2) is 24.0 Å². The lowest BCUT2D eigenvalue weighted by atomic mass is 10.1. The molecule has 0 fully saturated rings. The second-order valence-corrected chi connectivity index (χ2v) is 5.75. The number of hydrogen-bond donors (Lipinski definition) is 1. The second-order valence-electron chi connectivity index (χ2n) is 5.75. The Hall–Kier alpha value is -0.800. The van der Waals surface area contributed by atoms with Gasteiger partial charge >= 0.3 is 0 Å². The van der Waals surface area contributed by atoms with Gasteiger partial charge in [-0.1, -0.05) is 6.92 Å². The molecule has 0 saturated heterocycles. The molecule has 0 aromatic carbocycles.